The molecule has 21 heavy (non-hydrogen) atoms. The lowest BCUT2D eigenvalue weighted by atomic mass is 10.1. The SMILES string of the molecule is CCOC(=O)CN(Cc1ccc(OC)c(C#N)c1)C(C)C. The Bertz CT molecular complexity index is 521. The third kappa shape index (κ3) is 5.09. The molecule has 0 bridgehead atoms. The lowest BCUT2D eigenvalue weighted by Gasteiger charge is -2.25. The summed E-state index contributed by atoms with van der Waals surface area (Å²) in [4.78, 5) is 13.6. The first kappa shape index (κ1) is 17.0. The van der Waals surface area contributed by atoms with E-state index in [0.29, 0.717) is 24.5 Å². The van der Waals surface area contributed by atoms with Crippen molar-refractivity contribution in [3.8, 4) is 11.8 Å². The summed E-state index contributed by atoms with van der Waals surface area (Å²) in [5.41, 5.74) is 1.46. The van der Waals surface area contributed by atoms with E-state index >= 15 is 0 Å². The van der Waals surface area contributed by atoms with Crippen molar-refractivity contribution in [1.29, 1.82) is 5.26 Å². The van der Waals surface area contributed by atoms with Crippen molar-refractivity contribution in [2.45, 2.75) is 33.4 Å². The number of methoxy groups -OCH3 is 1. The molecular weight excluding hydrogens is 268 g/mol. The zero-order valence-electron chi connectivity index (χ0n) is 13.0. The predicted octanol–water partition coefficient (Wildman–Crippen LogP) is 2.34. The van der Waals surface area contributed by atoms with Gasteiger partial charge in [0.15, 0.2) is 0 Å². The minimum Gasteiger partial charge on any atom is -0.495 e. The van der Waals surface area contributed by atoms with Gasteiger partial charge in [-0.2, -0.15) is 5.26 Å². The van der Waals surface area contributed by atoms with Gasteiger partial charge in [-0.15, -0.1) is 0 Å². The molecule has 0 unspecified atom stereocenters. The van der Waals surface area contributed by atoms with Crippen LogP contribution in [0.2, 0.25) is 0 Å². The van der Waals surface area contributed by atoms with E-state index in [0.717, 1.165) is 5.56 Å². The van der Waals surface area contributed by atoms with Crippen molar-refractivity contribution < 1.29 is 14.3 Å². The molecule has 5 nitrogen and oxygen atoms in total. The van der Waals surface area contributed by atoms with Gasteiger partial charge in [0.1, 0.15) is 11.8 Å². The molecule has 0 N–H and O–H groups in total. The molecule has 1 aromatic rings. The first-order valence-corrected chi connectivity index (χ1v) is 6.98. The van der Waals surface area contributed by atoms with Crippen LogP contribution < -0.4 is 4.74 Å². The molecule has 114 valence electrons. The number of nitrogens with zero attached hydrogens (tertiary/aromatic N) is 2. The zero-order valence-corrected chi connectivity index (χ0v) is 13.0. The molecule has 0 saturated heterocycles. The number of carbonyl (C=O) groups is 1. The van der Waals surface area contributed by atoms with Crippen LogP contribution in [-0.2, 0) is 16.1 Å². The Kier molecular flexibility index (Phi) is 6.70. The quantitative estimate of drug-likeness (QED) is 0.721. The number of hydrogen-bond donors (Lipinski definition) is 0. The van der Waals surface area contributed by atoms with Crippen LogP contribution in [-0.4, -0.2) is 37.2 Å². The minimum absolute atomic E-state index is 0.196. The number of nitriles is 1. The van der Waals surface area contributed by atoms with E-state index in [4.69, 9.17) is 14.7 Å². The van der Waals surface area contributed by atoms with Crippen molar-refractivity contribution in [1.82, 2.24) is 4.90 Å². The summed E-state index contributed by atoms with van der Waals surface area (Å²) >= 11 is 0. The fourth-order valence-electron chi connectivity index (χ4n) is 1.97. The molecule has 1 rings (SSSR count). The van der Waals surface area contributed by atoms with Gasteiger partial charge in [-0.25, -0.2) is 0 Å². The lowest BCUT2D eigenvalue weighted by molar-refractivity contribution is -0.145. The molecule has 0 atom stereocenters. The third-order valence-corrected chi connectivity index (χ3v) is 3.14. The molecule has 0 fully saturated rings. The first-order valence-electron chi connectivity index (χ1n) is 6.98. The Labute approximate surface area is 126 Å². The van der Waals surface area contributed by atoms with Crippen LogP contribution >= 0.6 is 0 Å². The van der Waals surface area contributed by atoms with E-state index < -0.39 is 0 Å². The minimum atomic E-state index is -0.236. The van der Waals surface area contributed by atoms with Crippen molar-refractivity contribution in [2.75, 3.05) is 20.3 Å². The summed E-state index contributed by atoms with van der Waals surface area (Å²) in [6.07, 6.45) is 0. The lowest BCUT2D eigenvalue weighted by Crippen LogP contribution is -2.36. The highest BCUT2D eigenvalue weighted by Gasteiger charge is 2.16. The predicted molar refractivity (Wildman–Crippen MR) is 79.9 cm³/mol. The fourth-order valence-corrected chi connectivity index (χ4v) is 1.97. The molecule has 0 aliphatic heterocycles. The summed E-state index contributed by atoms with van der Waals surface area (Å²) in [5.74, 6) is 0.322. The van der Waals surface area contributed by atoms with Gasteiger partial charge in [0.2, 0.25) is 0 Å². The molecule has 0 saturated carbocycles. The standard InChI is InChI=1S/C16H22N2O3/c1-5-21-16(19)11-18(12(2)3)10-13-6-7-15(20-4)14(8-13)9-17/h6-8,12H,5,10-11H2,1-4H3. The molecule has 1 aromatic carbocycles. The largest absolute Gasteiger partial charge is 0.495 e. The van der Waals surface area contributed by atoms with Gasteiger partial charge < -0.3 is 9.47 Å². The van der Waals surface area contributed by atoms with Crippen LogP contribution in [0.4, 0.5) is 0 Å². The van der Waals surface area contributed by atoms with Crippen LogP contribution in [0.3, 0.4) is 0 Å². The number of esters is 1. The highest BCUT2D eigenvalue weighted by Crippen LogP contribution is 2.20. The van der Waals surface area contributed by atoms with Crippen molar-refractivity contribution in [2.24, 2.45) is 0 Å². The monoisotopic (exact) mass is 290 g/mol. The molecule has 5 heteroatoms. The van der Waals surface area contributed by atoms with Crippen LogP contribution in [0.15, 0.2) is 18.2 Å². The second kappa shape index (κ2) is 8.28. The molecule has 0 heterocycles. The topological polar surface area (TPSA) is 62.6 Å². The Hall–Kier alpha value is -2.06. The van der Waals surface area contributed by atoms with E-state index in [9.17, 15) is 4.79 Å². The Morgan fingerprint density at radius 2 is 2.14 bits per heavy atom. The van der Waals surface area contributed by atoms with E-state index in [2.05, 4.69) is 6.07 Å². The Balaban J connectivity index is 2.84. The summed E-state index contributed by atoms with van der Waals surface area (Å²) in [6, 6.07) is 7.78. The zero-order chi connectivity index (χ0) is 15.8. The molecular formula is C16H22N2O3. The number of rotatable bonds is 7. The van der Waals surface area contributed by atoms with Gasteiger partial charge >= 0.3 is 5.97 Å². The van der Waals surface area contributed by atoms with Gasteiger partial charge in [0, 0.05) is 12.6 Å². The summed E-state index contributed by atoms with van der Waals surface area (Å²) in [5, 5.41) is 9.11. The second-order valence-electron chi connectivity index (χ2n) is 4.95. The van der Waals surface area contributed by atoms with Gasteiger partial charge in [0.25, 0.3) is 0 Å². The maximum Gasteiger partial charge on any atom is 0.320 e. The van der Waals surface area contributed by atoms with Crippen LogP contribution in [0.25, 0.3) is 0 Å². The molecule has 0 radical (unpaired) electrons. The maximum atomic E-state index is 11.6. The molecule has 0 aromatic heterocycles. The normalized spacial score (nSPS) is 10.5. The van der Waals surface area contributed by atoms with Gasteiger partial charge in [-0.3, -0.25) is 9.69 Å². The smallest absolute Gasteiger partial charge is 0.320 e. The highest BCUT2D eigenvalue weighted by molar-refractivity contribution is 5.71. The number of ether oxygens (including phenoxy) is 2. The van der Waals surface area contributed by atoms with Gasteiger partial charge in [-0.05, 0) is 38.5 Å². The van der Waals surface area contributed by atoms with Crippen LogP contribution in [0.5, 0.6) is 5.75 Å². The average Bonchev–Trinajstić information content (AvgIpc) is 2.46. The Morgan fingerprint density at radius 1 is 1.43 bits per heavy atom. The molecule has 0 aliphatic carbocycles. The van der Waals surface area contributed by atoms with E-state index in [-0.39, 0.29) is 18.6 Å². The van der Waals surface area contributed by atoms with E-state index in [1.165, 1.54) is 7.11 Å². The number of hydrogen-bond acceptors (Lipinski definition) is 5. The van der Waals surface area contributed by atoms with Gasteiger partial charge in [-0.1, -0.05) is 6.07 Å². The maximum absolute atomic E-state index is 11.6. The first-order chi connectivity index (χ1) is 10.0. The third-order valence-electron chi connectivity index (χ3n) is 3.14. The summed E-state index contributed by atoms with van der Waals surface area (Å²) in [6.45, 7) is 7.03. The summed E-state index contributed by atoms with van der Waals surface area (Å²) < 4.78 is 10.1. The highest BCUT2D eigenvalue weighted by atomic mass is 16.5. The fraction of sp³-hybridized carbons (Fsp3) is 0.500. The van der Waals surface area contributed by atoms with Gasteiger partial charge in [0.05, 0.1) is 25.8 Å². The second-order valence-corrected chi connectivity index (χ2v) is 4.95. The van der Waals surface area contributed by atoms with E-state index in [1.54, 1.807) is 19.1 Å². The van der Waals surface area contributed by atoms with Crippen molar-refractivity contribution in [3.63, 3.8) is 0 Å². The molecule has 0 spiro atoms. The van der Waals surface area contributed by atoms with E-state index in [1.807, 2.05) is 24.8 Å². The van der Waals surface area contributed by atoms with Crippen molar-refractivity contribution >= 4 is 5.97 Å². The molecule has 0 aliphatic rings. The van der Waals surface area contributed by atoms with Crippen molar-refractivity contribution in [3.05, 3.63) is 29.3 Å². The van der Waals surface area contributed by atoms with Crippen LogP contribution in [0, 0.1) is 11.3 Å². The molecule has 0 amide bonds. The number of carbonyl (C=O) groups excluding carboxylic acids is 1. The van der Waals surface area contributed by atoms with Crippen LogP contribution in [0.1, 0.15) is 31.9 Å². The summed E-state index contributed by atoms with van der Waals surface area (Å²) in [7, 11) is 1.54. The number of benzene rings is 1. The average molecular weight is 290 g/mol. The Morgan fingerprint density at radius 3 is 2.67 bits per heavy atom.